The van der Waals surface area contributed by atoms with Gasteiger partial charge in [-0.3, -0.25) is 4.79 Å². The SMILES string of the molecule is CC(=O)OC(Br)C(C)C. The van der Waals surface area contributed by atoms with Crippen molar-refractivity contribution < 1.29 is 9.53 Å². The second-order valence-electron chi connectivity index (χ2n) is 2.20. The minimum Gasteiger partial charge on any atom is -0.451 e. The first-order valence-electron chi connectivity index (χ1n) is 2.85. The molecule has 0 saturated heterocycles. The molecule has 0 saturated carbocycles. The van der Waals surface area contributed by atoms with Gasteiger partial charge >= 0.3 is 5.97 Å². The Balaban J connectivity index is 3.50. The van der Waals surface area contributed by atoms with Crippen molar-refractivity contribution in [1.29, 1.82) is 0 Å². The third-order valence-electron chi connectivity index (χ3n) is 0.803. The van der Waals surface area contributed by atoms with E-state index in [0.29, 0.717) is 5.92 Å². The molecule has 0 aliphatic heterocycles. The maximum atomic E-state index is 10.3. The van der Waals surface area contributed by atoms with Crippen LogP contribution < -0.4 is 0 Å². The quantitative estimate of drug-likeness (QED) is 0.497. The Kier molecular flexibility index (Phi) is 3.86. The Bertz CT molecular complexity index is 101. The standard InChI is InChI=1S/C6H11BrO2/c1-4(2)6(7)9-5(3)8/h4,6H,1-3H3. The van der Waals surface area contributed by atoms with E-state index in [1.807, 2.05) is 13.8 Å². The average Bonchev–Trinajstić information content (AvgIpc) is 1.63. The summed E-state index contributed by atoms with van der Waals surface area (Å²) in [5, 5.41) is -0.144. The molecule has 0 aromatic carbocycles. The Hall–Kier alpha value is -0.0500. The number of esters is 1. The van der Waals surface area contributed by atoms with Gasteiger partial charge in [0.05, 0.1) is 0 Å². The fourth-order valence-electron chi connectivity index (χ4n) is 0.295. The molecular formula is C6H11BrO2. The van der Waals surface area contributed by atoms with Crippen LogP contribution in [0.15, 0.2) is 0 Å². The van der Waals surface area contributed by atoms with Gasteiger partial charge in [0.2, 0.25) is 0 Å². The van der Waals surface area contributed by atoms with Crippen molar-refractivity contribution in [2.45, 2.75) is 25.8 Å². The number of halogens is 1. The molecule has 1 unspecified atom stereocenters. The van der Waals surface area contributed by atoms with Gasteiger partial charge in [0.25, 0.3) is 0 Å². The third-order valence-corrected chi connectivity index (χ3v) is 2.05. The zero-order chi connectivity index (χ0) is 7.44. The van der Waals surface area contributed by atoms with E-state index in [1.165, 1.54) is 6.92 Å². The van der Waals surface area contributed by atoms with Crippen LogP contribution in [0.25, 0.3) is 0 Å². The first kappa shape index (κ1) is 8.95. The number of rotatable bonds is 2. The van der Waals surface area contributed by atoms with Gasteiger partial charge < -0.3 is 4.74 Å². The van der Waals surface area contributed by atoms with Gasteiger partial charge in [0.1, 0.15) is 0 Å². The normalized spacial score (nSPS) is 13.4. The summed E-state index contributed by atoms with van der Waals surface area (Å²) in [5.74, 6) is 0.0828. The molecule has 0 radical (unpaired) electrons. The molecule has 0 spiro atoms. The lowest BCUT2D eigenvalue weighted by atomic mass is 10.2. The first-order valence-corrected chi connectivity index (χ1v) is 3.77. The molecule has 9 heavy (non-hydrogen) atoms. The summed E-state index contributed by atoms with van der Waals surface area (Å²) in [6.07, 6.45) is 0. The van der Waals surface area contributed by atoms with Gasteiger partial charge in [0.15, 0.2) is 5.01 Å². The lowest BCUT2D eigenvalue weighted by Crippen LogP contribution is -2.14. The van der Waals surface area contributed by atoms with E-state index >= 15 is 0 Å². The van der Waals surface area contributed by atoms with E-state index in [1.54, 1.807) is 0 Å². The van der Waals surface area contributed by atoms with E-state index in [9.17, 15) is 4.79 Å². The second-order valence-corrected chi connectivity index (χ2v) is 3.11. The minimum atomic E-state index is -0.245. The number of carbonyl (C=O) groups is 1. The lowest BCUT2D eigenvalue weighted by Gasteiger charge is -2.12. The molecule has 0 fully saturated rings. The van der Waals surface area contributed by atoms with E-state index < -0.39 is 0 Å². The lowest BCUT2D eigenvalue weighted by molar-refractivity contribution is -0.143. The summed E-state index contributed by atoms with van der Waals surface area (Å²) in [4.78, 5) is 10.3. The zero-order valence-electron chi connectivity index (χ0n) is 5.85. The van der Waals surface area contributed by atoms with Crippen LogP contribution in [0.1, 0.15) is 20.8 Å². The van der Waals surface area contributed by atoms with Crippen LogP contribution in [-0.4, -0.2) is 11.0 Å². The Morgan fingerprint density at radius 1 is 1.56 bits per heavy atom. The summed E-state index contributed by atoms with van der Waals surface area (Å²) in [5.41, 5.74) is 0. The van der Waals surface area contributed by atoms with Crippen LogP contribution in [0.5, 0.6) is 0 Å². The van der Waals surface area contributed by atoms with E-state index in [2.05, 4.69) is 15.9 Å². The highest BCUT2D eigenvalue weighted by molar-refractivity contribution is 9.09. The van der Waals surface area contributed by atoms with Gasteiger partial charge in [-0.1, -0.05) is 13.8 Å². The maximum Gasteiger partial charge on any atom is 0.303 e. The van der Waals surface area contributed by atoms with Gasteiger partial charge in [-0.15, -0.1) is 0 Å². The molecule has 0 aliphatic carbocycles. The van der Waals surface area contributed by atoms with Crippen LogP contribution in [0.3, 0.4) is 0 Å². The summed E-state index contributed by atoms with van der Waals surface area (Å²) in [7, 11) is 0. The molecule has 1 atom stereocenters. The summed E-state index contributed by atoms with van der Waals surface area (Å²) in [6.45, 7) is 5.35. The zero-order valence-corrected chi connectivity index (χ0v) is 7.44. The molecule has 0 aliphatic rings. The average molecular weight is 195 g/mol. The molecule has 0 rings (SSSR count). The number of hydrogen-bond donors (Lipinski definition) is 0. The fraction of sp³-hybridized carbons (Fsp3) is 0.833. The Morgan fingerprint density at radius 3 is 2.11 bits per heavy atom. The van der Waals surface area contributed by atoms with Gasteiger partial charge in [0, 0.05) is 12.8 Å². The van der Waals surface area contributed by atoms with Crippen LogP contribution in [0.2, 0.25) is 0 Å². The van der Waals surface area contributed by atoms with Crippen LogP contribution in [0.4, 0.5) is 0 Å². The number of ether oxygens (including phenoxy) is 1. The molecule has 0 heterocycles. The maximum absolute atomic E-state index is 10.3. The van der Waals surface area contributed by atoms with E-state index in [-0.39, 0.29) is 11.0 Å². The number of hydrogen-bond acceptors (Lipinski definition) is 2. The summed E-state index contributed by atoms with van der Waals surface area (Å²) < 4.78 is 4.79. The molecule has 3 heteroatoms. The largest absolute Gasteiger partial charge is 0.451 e. The number of carbonyl (C=O) groups excluding carboxylic acids is 1. The van der Waals surface area contributed by atoms with Gasteiger partial charge in [-0.05, 0) is 15.9 Å². The second kappa shape index (κ2) is 3.88. The Morgan fingerprint density at radius 2 is 2.00 bits per heavy atom. The smallest absolute Gasteiger partial charge is 0.303 e. The molecule has 54 valence electrons. The van der Waals surface area contributed by atoms with E-state index in [4.69, 9.17) is 4.74 Å². The molecular weight excluding hydrogens is 184 g/mol. The summed E-state index contributed by atoms with van der Waals surface area (Å²) >= 11 is 3.20. The van der Waals surface area contributed by atoms with Crippen LogP contribution in [0, 0.1) is 5.92 Å². The van der Waals surface area contributed by atoms with Crippen LogP contribution in [-0.2, 0) is 9.53 Å². The van der Waals surface area contributed by atoms with Crippen molar-refractivity contribution in [3.63, 3.8) is 0 Å². The Labute approximate surface area is 63.7 Å². The topological polar surface area (TPSA) is 26.3 Å². The predicted octanol–water partition coefficient (Wildman–Crippen LogP) is 1.93. The van der Waals surface area contributed by atoms with Gasteiger partial charge in [-0.25, -0.2) is 0 Å². The predicted molar refractivity (Wildman–Crippen MR) is 39.3 cm³/mol. The minimum absolute atomic E-state index is 0.144. The van der Waals surface area contributed by atoms with Crippen molar-refractivity contribution in [2.24, 2.45) is 5.92 Å². The van der Waals surface area contributed by atoms with Crippen molar-refractivity contribution >= 4 is 21.9 Å². The van der Waals surface area contributed by atoms with Crippen LogP contribution >= 0.6 is 15.9 Å². The molecule has 0 amide bonds. The third kappa shape index (κ3) is 4.45. The van der Waals surface area contributed by atoms with E-state index in [0.717, 1.165) is 0 Å². The van der Waals surface area contributed by atoms with Crippen molar-refractivity contribution in [1.82, 2.24) is 0 Å². The van der Waals surface area contributed by atoms with Gasteiger partial charge in [-0.2, -0.15) is 0 Å². The molecule has 0 bridgehead atoms. The molecule has 0 aromatic rings. The first-order chi connectivity index (χ1) is 4.04. The van der Waals surface area contributed by atoms with Crippen molar-refractivity contribution in [3.05, 3.63) is 0 Å². The molecule has 0 N–H and O–H groups in total. The number of alkyl halides is 1. The highest BCUT2D eigenvalue weighted by Crippen LogP contribution is 2.12. The monoisotopic (exact) mass is 194 g/mol. The fourth-order valence-corrected chi connectivity index (χ4v) is 0.558. The highest BCUT2D eigenvalue weighted by Gasteiger charge is 2.10. The molecule has 0 aromatic heterocycles. The van der Waals surface area contributed by atoms with Crippen molar-refractivity contribution in [3.8, 4) is 0 Å². The summed E-state index contributed by atoms with van der Waals surface area (Å²) in [6, 6.07) is 0. The molecule has 2 nitrogen and oxygen atoms in total. The highest BCUT2D eigenvalue weighted by atomic mass is 79.9. The van der Waals surface area contributed by atoms with Crippen molar-refractivity contribution in [2.75, 3.05) is 0 Å².